The van der Waals surface area contributed by atoms with E-state index in [1.807, 2.05) is 56.0 Å². The molecule has 1 aromatic carbocycles. The fraction of sp³-hybridized carbons (Fsp3) is 0.625. The van der Waals surface area contributed by atoms with Crippen LogP contribution >= 0.6 is 0 Å². The smallest absolute Gasteiger partial charge is 0.410 e. The van der Waals surface area contributed by atoms with Crippen LogP contribution in [0.2, 0.25) is 0 Å². The van der Waals surface area contributed by atoms with Crippen LogP contribution < -0.4 is 5.32 Å². The summed E-state index contributed by atoms with van der Waals surface area (Å²) in [5.74, 6) is -0.121. The Bertz CT molecular complexity index is 785. The number of alkyl carbamates (subject to hydrolysis) is 1. The van der Waals surface area contributed by atoms with E-state index < -0.39 is 11.7 Å². The van der Waals surface area contributed by atoms with Gasteiger partial charge < -0.3 is 24.6 Å². The maximum absolute atomic E-state index is 13.1. The number of carbonyl (C=O) groups is 3. The number of nitrogens with zero attached hydrogens (tertiary/aromatic N) is 2. The zero-order valence-electron chi connectivity index (χ0n) is 19.3. The molecule has 0 spiro atoms. The molecular formula is C24H35N3O5. The molecule has 0 bridgehead atoms. The number of benzene rings is 1. The van der Waals surface area contributed by atoms with Crippen LogP contribution in [0.3, 0.4) is 0 Å². The summed E-state index contributed by atoms with van der Waals surface area (Å²) in [6.45, 7) is 7.91. The molecule has 1 aromatic rings. The monoisotopic (exact) mass is 445 g/mol. The van der Waals surface area contributed by atoms with E-state index in [4.69, 9.17) is 9.47 Å². The number of piperidine rings is 2. The highest BCUT2D eigenvalue weighted by Gasteiger charge is 2.34. The molecule has 1 N–H and O–H groups in total. The van der Waals surface area contributed by atoms with Gasteiger partial charge in [0.2, 0.25) is 5.91 Å². The van der Waals surface area contributed by atoms with E-state index in [1.54, 1.807) is 4.90 Å². The van der Waals surface area contributed by atoms with E-state index in [0.29, 0.717) is 39.0 Å². The van der Waals surface area contributed by atoms with Gasteiger partial charge in [0.15, 0.2) is 0 Å². The molecule has 8 heteroatoms. The van der Waals surface area contributed by atoms with Crippen molar-refractivity contribution in [1.29, 1.82) is 0 Å². The zero-order valence-corrected chi connectivity index (χ0v) is 19.3. The Morgan fingerprint density at radius 3 is 2.34 bits per heavy atom. The normalized spacial score (nSPS) is 19.9. The highest BCUT2D eigenvalue weighted by atomic mass is 16.6. The van der Waals surface area contributed by atoms with Crippen molar-refractivity contribution in [2.75, 3.05) is 26.2 Å². The maximum atomic E-state index is 13.1. The average Bonchev–Trinajstić information content (AvgIpc) is 2.77. The van der Waals surface area contributed by atoms with Gasteiger partial charge in [-0.2, -0.15) is 0 Å². The van der Waals surface area contributed by atoms with Crippen LogP contribution in [0, 0.1) is 5.92 Å². The second-order valence-corrected chi connectivity index (χ2v) is 9.57. The SMILES string of the molecule is CC(C)(C)OC(=O)NC1CCN(C(=O)C2CCCN(C(=O)OCc3ccccc3)C2)CC1. The lowest BCUT2D eigenvalue weighted by Crippen LogP contribution is -2.51. The number of carbonyl (C=O) groups excluding carboxylic acids is 3. The molecular weight excluding hydrogens is 410 g/mol. The highest BCUT2D eigenvalue weighted by molar-refractivity contribution is 5.80. The zero-order chi connectivity index (χ0) is 23.1. The summed E-state index contributed by atoms with van der Waals surface area (Å²) in [5.41, 5.74) is 0.406. The number of nitrogens with one attached hydrogen (secondary N) is 1. The summed E-state index contributed by atoms with van der Waals surface area (Å²) < 4.78 is 10.7. The summed E-state index contributed by atoms with van der Waals surface area (Å²) in [6.07, 6.45) is 2.16. The lowest BCUT2D eigenvalue weighted by Gasteiger charge is -2.37. The average molecular weight is 446 g/mol. The van der Waals surface area contributed by atoms with Gasteiger partial charge in [0, 0.05) is 32.2 Å². The van der Waals surface area contributed by atoms with Gasteiger partial charge >= 0.3 is 12.2 Å². The molecule has 2 aliphatic heterocycles. The minimum absolute atomic E-state index is 0.00437. The fourth-order valence-corrected chi connectivity index (χ4v) is 4.13. The molecule has 1 atom stereocenters. The molecule has 2 fully saturated rings. The van der Waals surface area contributed by atoms with E-state index in [0.717, 1.165) is 18.4 Å². The van der Waals surface area contributed by atoms with Crippen LogP contribution in [0.25, 0.3) is 0 Å². The summed E-state index contributed by atoms with van der Waals surface area (Å²) in [4.78, 5) is 41.0. The molecule has 3 amide bonds. The Labute approximate surface area is 190 Å². The van der Waals surface area contributed by atoms with Crippen molar-refractivity contribution in [2.45, 2.75) is 64.7 Å². The van der Waals surface area contributed by atoms with Crippen molar-refractivity contribution in [3.63, 3.8) is 0 Å². The van der Waals surface area contributed by atoms with Gasteiger partial charge in [0.1, 0.15) is 12.2 Å². The quantitative estimate of drug-likeness (QED) is 0.766. The fourth-order valence-electron chi connectivity index (χ4n) is 4.13. The highest BCUT2D eigenvalue weighted by Crippen LogP contribution is 2.22. The van der Waals surface area contributed by atoms with Gasteiger partial charge in [0.05, 0.1) is 5.92 Å². The van der Waals surface area contributed by atoms with Crippen LogP contribution in [-0.4, -0.2) is 65.7 Å². The Kier molecular flexibility index (Phi) is 7.99. The van der Waals surface area contributed by atoms with Crippen LogP contribution in [0.4, 0.5) is 9.59 Å². The molecule has 8 nitrogen and oxygen atoms in total. The van der Waals surface area contributed by atoms with Crippen LogP contribution in [0.5, 0.6) is 0 Å². The van der Waals surface area contributed by atoms with Crippen molar-refractivity contribution in [3.05, 3.63) is 35.9 Å². The predicted molar refractivity (Wildman–Crippen MR) is 120 cm³/mol. The van der Waals surface area contributed by atoms with E-state index >= 15 is 0 Å². The number of amides is 3. The maximum Gasteiger partial charge on any atom is 0.410 e. The van der Waals surface area contributed by atoms with Crippen molar-refractivity contribution in [1.82, 2.24) is 15.1 Å². The molecule has 32 heavy (non-hydrogen) atoms. The van der Waals surface area contributed by atoms with Gasteiger partial charge in [0.25, 0.3) is 0 Å². The standard InChI is InChI=1S/C24H35N3O5/c1-24(2,3)32-22(29)25-20-11-14-26(15-12-20)21(28)19-10-7-13-27(16-19)23(30)31-17-18-8-5-4-6-9-18/h4-6,8-9,19-20H,7,10-17H2,1-3H3,(H,25,29). The Balaban J connectivity index is 1.43. The number of hydrogen-bond donors (Lipinski definition) is 1. The molecule has 3 rings (SSSR count). The Hall–Kier alpha value is -2.77. The molecule has 0 radical (unpaired) electrons. The molecule has 2 saturated heterocycles. The van der Waals surface area contributed by atoms with Crippen LogP contribution in [-0.2, 0) is 20.9 Å². The largest absolute Gasteiger partial charge is 0.445 e. The third-order valence-corrected chi connectivity index (χ3v) is 5.76. The van der Waals surface area contributed by atoms with Gasteiger partial charge in [-0.15, -0.1) is 0 Å². The second kappa shape index (κ2) is 10.7. The Morgan fingerprint density at radius 2 is 1.69 bits per heavy atom. The summed E-state index contributed by atoms with van der Waals surface area (Å²) >= 11 is 0. The predicted octanol–water partition coefficient (Wildman–Crippen LogP) is 3.55. The van der Waals surface area contributed by atoms with Crippen LogP contribution in [0.1, 0.15) is 52.0 Å². The minimum atomic E-state index is -0.532. The third kappa shape index (κ3) is 7.14. The topological polar surface area (TPSA) is 88.2 Å². The van der Waals surface area contributed by atoms with Crippen molar-refractivity contribution >= 4 is 18.1 Å². The lowest BCUT2D eigenvalue weighted by molar-refractivity contribution is -0.138. The van der Waals surface area contributed by atoms with E-state index in [2.05, 4.69) is 5.32 Å². The summed E-state index contributed by atoms with van der Waals surface area (Å²) in [6, 6.07) is 9.57. The molecule has 0 saturated carbocycles. The lowest BCUT2D eigenvalue weighted by atomic mass is 9.95. The Morgan fingerprint density at radius 1 is 1.00 bits per heavy atom. The van der Waals surface area contributed by atoms with E-state index in [1.165, 1.54) is 0 Å². The molecule has 1 unspecified atom stereocenters. The number of likely N-dealkylation sites (tertiary alicyclic amines) is 2. The second-order valence-electron chi connectivity index (χ2n) is 9.57. The molecule has 0 aromatic heterocycles. The van der Waals surface area contributed by atoms with E-state index in [9.17, 15) is 14.4 Å². The first kappa shape index (κ1) is 23.9. The summed E-state index contributed by atoms with van der Waals surface area (Å²) in [5, 5.41) is 2.90. The van der Waals surface area contributed by atoms with Gasteiger partial charge in [-0.05, 0) is 52.0 Å². The van der Waals surface area contributed by atoms with Gasteiger partial charge in [-0.3, -0.25) is 4.79 Å². The van der Waals surface area contributed by atoms with Gasteiger partial charge in [-0.25, -0.2) is 9.59 Å². The van der Waals surface area contributed by atoms with Gasteiger partial charge in [-0.1, -0.05) is 30.3 Å². The number of rotatable bonds is 4. The number of ether oxygens (including phenoxy) is 2. The first-order chi connectivity index (χ1) is 15.2. The van der Waals surface area contributed by atoms with Crippen molar-refractivity contribution in [2.24, 2.45) is 5.92 Å². The molecule has 176 valence electrons. The first-order valence-corrected chi connectivity index (χ1v) is 11.5. The van der Waals surface area contributed by atoms with E-state index in [-0.39, 0.29) is 30.6 Å². The first-order valence-electron chi connectivity index (χ1n) is 11.5. The molecule has 0 aliphatic carbocycles. The van der Waals surface area contributed by atoms with Crippen LogP contribution in [0.15, 0.2) is 30.3 Å². The van der Waals surface area contributed by atoms with Crippen molar-refractivity contribution in [3.8, 4) is 0 Å². The molecule has 2 heterocycles. The molecule has 2 aliphatic rings. The minimum Gasteiger partial charge on any atom is -0.445 e. The summed E-state index contributed by atoms with van der Waals surface area (Å²) in [7, 11) is 0. The van der Waals surface area contributed by atoms with Crippen molar-refractivity contribution < 1.29 is 23.9 Å². The third-order valence-electron chi connectivity index (χ3n) is 5.76. The number of hydrogen-bond acceptors (Lipinski definition) is 5.